The molecule has 1 saturated heterocycles. The van der Waals surface area contributed by atoms with E-state index in [9.17, 15) is 13.2 Å². The smallest absolute Gasteiger partial charge is 0.399 e. The highest BCUT2D eigenvalue weighted by Gasteiger charge is 2.52. The zero-order chi connectivity index (χ0) is 18.5. The Hall–Kier alpha value is -1.01. The fourth-order valence-electron chi connectivity index (χ4n) is 3.70. The van der Waals surface area contributed by atoms with E-state index in [1.54, 1.807) is 6.07 Å². The Morgan fingerprint density at radius 2 is 1.52 bits per heavy atom. The summed E-state index contributed by atoms with van der Waals surface area (Å²) in [4.78, 5) is 0. The molecule has 0 amide bonds. The second-order valence-electron chi connectivity index (χ2n) is 8.26. The van der Waals surface area contributed by atoms with Gasteiger partial charge < -0.3 is 9.31 Å². The lowest BCUT2D eigenvalue weighted by Gasteiger charge is -2.32. The normalized spacial score (nSPS) is 23.9. The van der Waals surface area contributed by atoms with E-state index in [0.29, 0.717) is 0 Å². The van der Waals surface area contributed by atoms with Crippen LogP contribution in [0.4, 0.5) is 13.2 Å². The van der Waals surface area contributed by atoms with Crippen LogP contribution < -0.4 is 5.46 Å². The van der Waals surface area contributed by atoms with Crippen molar-refractivity contribution < 1.29 is 22.5 Å². The van der Waals surface area contributed by atoms with Crippen LogP contribution in [0.15, 0.2) is 18.2 Å². The van der Waals surface area contributed by atoms with Gasteiger partial charge in [0.1, 0.15) is 0 Å². The number of halogens is 3. The number of hydrogen-bond donors (Lipinski definition) is 0. The quantitative estimate of drug-likeness (QED) is 0.692. The standard InChI is InChI=1S/C19H26BF3O2/c1-17(2)18(3,4)25-20(24-17)16-11-10-14(19(21,22)23)12-15(16)13-8-6-5-7-9-13/h10-13H,5-9H2,1-4H3. The summed E-state index contributed by atoms with van der Waals surface area (Å²) < 4.78 is 51.9. The van der Waals surface area contributed by atoms with Crippen molar-refractivity contribution in [2.75, 3.05) is 0 Å². The van der Waals surface area contributed by atoms with Crippen LogP contribution in [0.25, 0.3) is 0 Å². The van der Waals surface area contributed by atoms with Gasteiger partial charge in [0.2, 0.25) is 0 Å². The van der Waals surface area contributed by atoms with Crippen molar-refractivity contribution in [3.63, 3.8) is 0 Å². The molecule has 6 heteroatoms. The van der Waals surface area contributed by atoms with Gasteiger partial charge in [0.25, 0.3) is 0 Å². The second kappa shape index (κ2) is 6.31. The van der Waals surface area contributed by atoms with Gasteiger partial charge in [-0.25, -0.2) is 0 Å². The lowest BCUT2D eigenvalue weighted by molar-refractivity contribution is -0.137. The van der Waals surface area contributed by atoms with Gasteiger partial charge in [-0.15, -0.1) is 0 Å². The van der Waals surface area contributed by atoms with Crippen molar-refractivity contribution in [2.45, 2.75) is 83.1 Å². The SMILES string of the molecule is CC1(C)OB(c2ccc(C(F)(F)F)cc2C2CCCCC2)OC1(C)C. The highest BCUT2D eigenvalue weighted by atomic mass is 19.4. The molecule has 2 nitrogen and oxygen atoms in total. The molecular weight excluding hydrogens is 328 g/mol. The predicted molar refractivity (Wildman–Crippen MR) is 93.0 cm³/mol. The summed E-state index contributed by atoms with van der Waals surface area (Å²) in [5.41, 5.74) is -0.117. The molecule has 1 aromatic carbocycles. The van der Waals surface area contributed by atoms with E-state index in [2.05, 4.69) is 0 Å². The van der Waals surface area contributed by atoms with E-state index in [1.807, 2.05) is 27.7 Å². The topological polar surface area (TPSA) is 18.5 Å². The summed E-state index contributed by atoms with van der Waals surface area (Å²) in [5, 5.41) is 0. The van der Waals surface area contributed by atoms with Gasteiger partial charge in [-0.1, -0.05) is 31.4 Å². The van der Waals surface area contributed by atoms with Gasteiger partial charge in [-0.2, -0.15) is 13.2 Å². The molecule has 1 aliphatic heterocycles. The zero-order valence-corrected chi connectivity index (χ0v) is 15.4. The van der Waals surface area contributed by atoms with Gasteiger partial charge in [0, 0.05) is 0 Å². The van der Waals surface area contributed by atoms with Crippen LogP contribution in [0.2, 0.25) is 0 Å². The zero-order valence-electron chi connectivity index (χ0n) is 15.4. The lowest BCUT2D eigenvalue weighted by Crippen LogP contribution is -2.41. The van der Waals surface area contributed by atoms with E-state index in [-0.39, 0.29) is 5.92 Å². The third-order valence-corrected chi connectivity index (χ3v) is 5.97. The molecule has 1 heterocycles. The molecule has 25 heavy (non-hydrogen) atoms. The molecule has 3 rings (SSSR count). The van der Waals surface area contributed by atoms with Gasteiger partial charge in [0.05, 0.1) is 16.8 Å². The van der Waals surface area contributed by atoms with Crippen molar-refractivity contribution >= 4 is 12.6 Å². The van der Waals surface area contributed by atoms with E-state index >= 15 is 0 Å². The molecule has 0 bridgehead atoms. The van der Waals surface area contributed by atoms with Crippen molar-refractivity contribution in [3.05, 3.63) is 29.3 Å². The lowest BCUT2D eigenvalue weighted by atomic mass is 9.70. The Labute approximate surface area is 148 Å². The Balaban J connectivity index is 2.01. The van der Waals surface area contributed by atoms with Crippen LogP contribution in [0, 0.1) is 0 Å². The van der Waals surface area contributed by atoms with Crippen molar-refractivity contribution in [1.29, 1.82) is 0 Å². The Morgan fingerprint density at radius 1 is 0.960 bits per heavy atom. The second-order valence-corrected chi connectivity index (χ2v) is 8.26. The molecule has 0 unspecified atom stereocenters. The van der Waals surface area contributed by atoms with Crippen molar-refractivity contribution in [3.8, 4) is 0 Å². The monoisotopic (exact) mass is 354 g/mol. The molecule has 0 spiro atoms. The molecule has 0 atom stereocenters. The van der Waals surface area contributed by atoms with Crippen molar-refractivity contribution in [1.82, 2.24) is 0 Å². The van der Waals surface area contributed by atoms with Gasteiger partial charge >= 0.3 is 13.3 Å². The summed E-state index contributed by atoms with van der Waals surface area (Å²) in [6, 6.07) is 4.01. The maximum atomic E-state index is 13.2. The number of rotatable bonds is 2. The average molecular weight is 354 g/mol. The molecule has 0 radical (unpaired) electrons. The highest BCUT2D eigenvalue weighted by Crippen LogP contribution is 2.40. The fourth-order valence-corrected chi connectivity index (χ4v) is 3.70. The first kappa shape index (κ1) is 18.8. The fraction of sp³-hybridized carbons (Fsp3) is 0.684. The maximum absolute atomic E-state index is 13.2. The Kier molecular flexibility index (Phi) is 4.74. The number of hydrogen-bond acceptors (Lipinski definition) is 2. The summed E-state index contributed by atoms with van der Waals surface area (Å²) in [7, 11) is -0.621. The molecule has 2 aliphatic rings. The minimum absolute atomic E-state index is 0.144. The van der Waals surface area contributed by atoms with E-state index in [1.165, 1.54) is 6.07 Å². The third kappa shape index (κ3) is 3.61. The summed E-state index contributed by atoms with van der Waals surface area (Å²) in [5.74, 6) is 0.144. The third-order valence-electron chi connectivity index (χ3n) is 5.97. The van der Waals surface area contributed by atoms with Crippen LogP contribution in [0.1, 0.15) is 76.8 Å². The van der Waals surface area contributed by atoms with Crippen LogP contribution in [0.5, 0.6) is 0 Å². The maximum Gasteiger partial charge on any atom is 0.495 e. The largest absolute Gasteiger partial charge is 0.495 e. The van der Waals surface area contributed by atoms with Crippen LogP contribution >= 0.6 is 0 Å². The molecule has 0 N–H and O–H groups in total. The molecule has 1 saturated carbocycles. The highest BCUT2D eigenvalue weighted by molar-refractivity contribution is 6.62. The molecule has 1 aromatic rings. The summed E-state index contributed by atoms with van der Waals surface area (Å²) >= 11 is 0. The van der Waals surface area contributed by atoms with E-state index in [4.69, 9.17) is 9.31 Å². The first-order valence-electron chi connectivity index (χ1n) is 9.08. The first-order chi connectivity index (χ1) is 11.5. The first-order valence-corrected chi connectivity index (χ1v) is 9.08. The van der Waals surface area contributed by atoms with E-state index in [0.717, 1.165) is 49.2 Å². The summed E-state index contributed by atoms with van der Waals surface area (Å²) in [6.07, 6.45) is 0.786. The van der Waals surface area contributed by atoms with Crippen LogP contribution in [0.3, 0.4) is 0 Å². The van der Waals surface area contributed by atoms with Crippen LogP contribution in [-0.4, -0.2) is 18.3 Å². The minimum Gasteiger partial charge on any atom is -0.399 e. The minimum atomic E-state index is -4.34. The van der Waals surface area contributed by atoms with Crippen LogP contribution in [-0.2, 0) is 15.5 Å². The van der Waals surface area contributed by atoms with Gasteiger partial charge in [-0.05, 0) is 63.5 Å². The molecule has 0 aromatic heterocycles. The molecule has 1 aliphatic carbocycles. The number of alkyl halides is 3. The molecule has 2 fully saturated rings. The number of benzene rings is 1. The Bertz CT molecular complexity index is 618. The predicted octanol–water partition coefficient (Wildman–Crippen LogP) is 5.05. The molecule has 138 valence electrons. The van der Waals surface area contributed by atoms with Gasteiger partial charge in [-0.3, -0.25) is 0 Å². The van der Waals surface area contributed by atoms with Gasteiger partial charge in [0.15, 0.2) is 0 Å². The average Bonchev–Trinajstić information content (AvgIpc) is 2.75. The van der Waals surface area contributed by atoms with Crippen molar-refractivity contribution in [2.24, 2.45) is 0 Å². The Morgan fingerprint density at radius 3 is 2.04 bits per heavy atom. The van der Waals surface area contributed by atoms with E-state index < -0.39 is 30.1 Å². The summed E-state index contributed by atoms with van der Waals surface area (Å²) in [6.45, 7) is 7.82. The molecular formula is C19H26BF3O2.